The Morgan fingerprint density at radius 2 is 1.96 bits per heavy atom. The molecule has 0 radical (unpaired) electrons. The van der Waals surface area contributed by atoms with Gasteiger partial charge in [0.05, 0.1) is 24.7 Å². The second-order valence-electron chi connectivity index (χ2n) is 7.78. The van der Waals surface area contributed by atoms with Crippen LogP contribution in [-0.4, -0.2) is 36.5 Å². The van der Waals surface area contributed by atoms with E-state index in [1.54, 1.807) is 6.92 Å². The van der Waals surface area contributed by atoms with Crippen LogP contribution in [0.5, 0.6) is 0 Å². The third-order valence-corrected chi connectivity index (χ3v) is 5.81. The standard InChI is InChI=1S/C21H36O4/c1-3-4-5-9-14-24-15-18-17(19-12-13-20(18)25-19)11-8-6-7-10-16(2)21(22)23/h6,8,16-20H,3-5,7,9-15H2,1-2H3,(H,22,23)/t16-,17?,18+,19-,20+/m1/s1. The summed E-state index contributed by atoms with van der Waals surface area (Å²) in [5.41, 5.74) is 0. The largest absolute Gasteiger partial charge is 0.481 e. The second-order valence-corrected chi connectivity index (χ2v) is 7.78. The van der Waals surface area contributed by atoms with Gasteiger partial charge in [-0.1, -0.05) is 45.3 Å². The minimum absolute atomic E-state index is 0.260. The van der Waals surface area contributed by atoms with Crippen LogP contribution in [0.25, 0.3) is 0 Å². The topological polar surface area (TPSA) is 55.8 Å². The Morgan fingerprint density at radius 3 is 2.68 bits per heavy atom. The van der Waals surface area contributed by atoms with Gasteiger partial charge in [0.25, 0.3) is 0 Å². The molecule has 0 aromatic heterocycles. The highest BCUT2D eigenvalue weighted by molar-refractivity contribution is 5.69. The average Bonchev–Trinajstić information content (AvgIpc) is 3.19. The highest BCUT2D eigenvalue weighted by Crippen LogP contribution is 2.45. The van der Waals surface area contributed by atoms with E-state index in [1.807, 2.05) is 0 Å². The van der Waals surface area contributed by atoms with Crippen molar-refractivity contribution in [1.29, 1.82) is 0 Å². The van der Waals surface area contributed by atoms with Gasteiger partial charge < -0.3 is 14.6 Å². The number of ether oxygens (including phenoxy) is 2. The molecule has 2 heterocycles. The van der Waals surface area contributed by atoms with Crippen LogP contribution in [-0.2, 0) is 14.3 Å². The van der Waals surface area contributed by atoms with Gasteiger partial charge in [-0.25, -0.2) is 0 Å². The zero-order valence-electron chi connectivity index (χ0n) is 16.0. The lowest BCUT2D eigenvalue weighted by Gasteiger charge is -2.27. The number of carboxylic acids is 1. The number of aliphatic carboxylic acids is 1. The Labute approximate surface area is 153 Å². The highest BCUT2D eigenvalue weighted by Gasteiger charge is 2.48. The van der Waals surface area contributed by atoms with Crippen molar-refractivity contribution in [2.24, 2.45) is 17.8 Å². The molecule has 144 valence electrons. The van der Waals surface area contributed by atoms with Gasteiger partial charge in [0.15, 0.2) is 0 Å². The van der Waals surface area contributed by atoms with Crippen molar-refractivity contribution in [1.82, 2.24) is 0 Å². The second kappa shape index (κ2) is 11.0. The molecule has 5 atom stereocenters. The van der Waals surface area contributed by atoms with Gasteiger partial charge in [0.2, 0.25) is 0 Å². The molecular formula is C21H36O4. The Kier molecular flexibility index (Phi) is 8.97. The lowest BCUT2D eigenvalue weighted by Crippen LogP contribution is -2.30. The predicted molar refractivity (Wildman–Crippen MR) is 99.6 cm³/mol. The summed E-state index contributed by atoms with van der Waals surface area (Å²) in [6.07, 6.45) is 15.1. The first-order valence-electron chi connectivity index (χ1n) is 10.2. The van der Waals surface area contributed by atoms with Crippen molar-refractivity contribution < 1.29 is 19.4 Å². The Morgan fingerprint density at radius 1 is 1.20 bits per heavy atom. The zero-order chi connectivity index (χ0) is 18.1. The molecule has 4 nitrogen and oxygen atoms in total. The number of hydrogen-bond acceptors (Lipinski definition) is 3. The van der Waals surface area contributed by atoms with E-state index in [2.05, 4.69) is 19.1 Å². The van der Waals surface area contributed by atoms with E-state index < -0.39 is 5.97 Å². The molecule has 2 rings (SSSR count). The van der Waals surface area contributed by atoms with E-state index in [-0.39, 0.29) is 5.92 Å². The first-order valence-corrected chi connectivity index (χ1v) is 10.2. The maximum atomic E-state index is 10.8. The normalized spacial score (nSPS) is 29.5. The summed E-state index contributed by atoms with van der Waals surface area (Å²) >= 11 is 0. The van der Waals surface area contributed by atoms with E-state index >= 15 is 0 Å². The Balaban J connectivity index is 1.67. The van der Waals surface area contributed by atoms with Crippen LogP contribution in [0.3, 0.4) is 0 Å². The molecular weight excluding hydrogens is 316 g/mol. The van der Waals surface area contributed by atoms with Crippen LogP contribution < -0.4 is 0 Å². The lowest BCUT2D eigenvalue weighted by molar-refractivity contribution is -0.141. The van der Waals surface area contributed by atoms with Gasteiger partial charge in [-0.05, 0) is 44.4 Å². The molecule has 2 aliphatic rings. The van der Waals surface area contributed by atoms with Crippen molar-refractivity contribution in [2.75, 3.05) is 13.2 Å². The maximum absolute atomic E-state index is 10.8. The molecule has 2 aliphatic heterocycles. The van der Waals surface area contributed by atoms with E-state index in [1.165, 1.54) is 38.5 Å². The van der Waals surface area contributed by atoms with E-state index in [0.29, 0.717) is 30.5 Å². The lowest BCUT2D eigenvalue weighted by atomic mass is 9.78. The van der Waals surface area contributed by atoms with E-state index in [0.717, 1.165) is 26.1 Å². The molecule has 0 aromatic rings. The monoisotopic (exact) mass is 352 g/mol. The summed E-state index contributed by atoms with van der Waals surface area (Å²) in [5.74, 6) is 0.144. The quantitative estimate of drug-likeness (QED) is 0.381. The number of unbranched alkanes of at least 4 members (excludes halogenated alkanes) is 3. The molecule has 0 aromatic carbocycles. The fourth-order valence-corrected chi connectivity index (χ4v) is 4.12. The molecule has 2 fully saturated rings. The molecule has 0 aliphatic carbocycles. The average molecular weight is 353 g/mol. The van der Waals surface area contributed by atoms with Crippen molar-refractivity contribution in [3.8, 4) is 0 Å². The molecule has 0 spiro atoms. The number of carbonyl (C=O) groups is 1. The fraction of sp³-hybridized carbons (Fsp3) is 0.857. The number of allylic oxidation sites excluding steroid dienone is 2. The number of fused-ring (bicyclic) bond motifs is 2. The predicted octanol–water partition coefficient (Wildman–Crippen LogP) is 4.82. The fourth-order valence-electron chi connectivity index (χ4n) is 4.12. The zero-order valence-corrected chi connectivity index (χ0v) is 16.0. The number of rotatable bonds is 13. The van der Waals surface area contributed by atoms with E-state index in [4.69, 9.17) is 14.6 Å². The molecule has 4 heteroatoms. The smallest absolute Gasteiger partial charge is 0.306 e. The van der Waals surface area contributed by atoms with E-state index in [9.17, 15) is 4.79 Å². The van der Waals surface area contributed by atoms with Crippen LogP contribution in [0.15, 0.2) is 12.2 Å². The molecule has 2 saturated heterocycles. The molecule has 0 amide bonds. The van der Waals surface area contributed by atoms with Crippen molar-refractivity contribution in [3.63, 3.8) is 0 Å². The van der Waals surface area contributed by atoms with Gasteiger partial charge in [-0.2, -0.15) is 0 Å². The van der Waals surface area contributed by atoms with Crippen LogP contribution in [0.4, 0.5) is 0 Å². The van der Waals surface area contributed by atoms with Crippen LogP contribution in [0.2, 0.25) is 0 Å². The van der Waals surface area contributed by atoms with Gasteiger partial charge in [0, 0.05) is 12.5 Å². The third-order valence-electron chi connectivity index (χ3n) is 5.81. The summed E-state index contributed by atoms with van der Waals surface area (Å²) in [5, 5.41) is 8.91. The van der Waals surface area contributed by atoms with Gasteiger partial charge in [0.1, 0.15) is 0 Å². The summed E-state index contributed by atoms with van der Waals surface area (Å²) < 4.78 is 12.1. The van der Waals surface area contributed by atoms with Crippen molar-refractivity contribution >= 4 is 5.97 Å². The van der Waals surface area contributed by atoms with Gasteiger partial charge in [-0.15, -0.1) is 0 Å². The molecule has 1 unspecified atom stereocenters. The SMILES string of the molecule is CCCCCCOC[C@H]1C(CC=CCC[C@@H](C)C(=O)O)[C@H]2CC[C@@H]1O2. The van der Waals surface area contributed by atoms with Crippen LogP contribution in [0, 0.1) is 17.8 Å². The first-order chi connectivity index (χ1) is 12.1. The van der Waals surface area contributed by atoms with Crippen LogP contribution >= 0.6 is 0 Å². The summed E-state index contributed by atoms with van der Waals surface area (Å²) in [7, 11) is 0. The number of hydrogen-bond donors (Lipinski definition) is 1. The maximum Gasteiger partial charge on any atom is 0.306 e. The summed E-state index contributed by atoms with van der Waals surface area (Å²) in [6, 6.07) is 0. The Bertz CT molecular complexity index is 420. The first kappa shape index (κ1) is 20.4. The molecule has 0 saturated carbocycles. The number of carboxylic acid groups (broad SMARTS) is 1. The minimum Gasteiger partial charge on any atom is -0.481 e. The molecule has 25 heavy (non-hydrogen) atoms. The van der Waals surface area contributed by atoms with Gasteiger partial charge >= 0.3 is 5.97 Å². The third kappa shape index (κ3) is 6.41. The summed E-state index contributed by atoms with van der Waals surface area (Å²) in [4.78, 5) is 10.8. The van der Waals surface area contributed by atoms with Gasteiger partial charge in [-0.3, -0.25) is 4.79 Å². The summed E-state index contributed by atoms with van der Waals surface area (Å²) in [6.45, 7) is 5.72. The molecule has 2 bridgehead atoms. The Hall–Kier alpha value is -0.870. The van der Waals surface area contributed by atoms with Crippen molar-refractivity contribution in [2.45, 2.75) is 83.8 Å². The van der Waals surface area contributed by atoms with Crippen LogP contribution in [0.1, 0.15) is 71.6 Å². The highest BCUT2D eigenvalue weighted by atomic mass is 16.5. The minimum atomic E-state index is -0.703. The molecule has 1 N–H and O–H groups in total. The van der Waals surface area contributed by atoms with Crippen molar-refractivity contribution in [3.05, 3.63) is 12.2 Å².